The summed E-state index contributed by atoms with van der Waals surface area (Å²) in [5.41, 5.74) is 0.840. The molecule has 1 atom stereocenters. The number of likely N-dealkylation sites (N-methyl/N-ethyl adjacent to an activating group) is 1. The predicted octanol–water partition coefficient (Wildman–Crippen LogP) is 3.15. The van der Waals surface area contributed by atoms with E-state index in [4.69, 9.17) is 11.6 Å². The van der Waals surface area contributed by atoms with E-state index in [1.807, 2.05) is 17.8 Å². The highest BCUT2D eigenvalue weighted by atomic mass is 35.5. The lowest BCUT2D eigenvalue weighted by molar-refractivity contribution is 0.477. The maximum Gasteiger partial charge on any atom is 0.142 e. The molecule has 0 amide bonds. The number of nitrogens with one attached hydrogen (secondary N) is 1. The molecule has 4 nitrogen and oxygen atoms in total. The largest absolute Gasteiger partial charge is 0.313 e. The van der Waals surface area contributed by atoms with Crippen molar-refractivity contribution in [2.24, 2.45) is 0 Å². The van der Waals surface area contributed by atoms with Crippen LogP contribution < -0.4 is 5.32 Å². The number of hydrogen-bond acceptors (Lipinski definition) is 3. The van der Waals surface area contributed by atoms with Crippen molar-refractivity contribution >= 4 is 11.6 Å². The molecule has 2 aromatic rings. The molecule has 1 aromatic heterocycles. The second-order valence-corrected chi connectivity index (χ2v) is 5.34. The minimum Gasteiger partial charge on any atom is -0.313 e. The number of halogens is 2. The number of nitrogens with zero attached hydrogens (tertiary/aromatic N) is 3. The van der Waals surface area contributed by atoms with Gasteiger partial charge in [-0.05, 0) is 38.6 Å². The fourth-order valence-electron chi connectivity index (χ4n) is 2.15. The van der Waals surface area contributed by atoms with Crippen LogP contribution in [-0.4, -0.2) is 21.8 Å². The molecule has 1 aromatic carbocycles. The van der Waals surface area contributed by atoms with E-state index in [9.17, 15) is 4.39 Å². The van der Waals surface area contributed by atoms with E-state index in [0.29, 0.717) is 6.42 Å². The highest BCUT2D eigenvalue weighted by Gasteiger charge is 2.16. The van der Waals surface area contributed by atoms with Crippen molar-refractivity contribution in [2.75, 3.05) is 7.05 Å². The van der Waals surface area contributed by atoms with Gasteiger partial charge in [0.05, 0.1) is 5.02 Å². The van der Waals surface area contributed by atoms with Crippen molar-refractivity contribution in [3.05, 3.63) is 46.8 Å². The average Bonchev–Trinajstić information content (AvgIpc) is 2.87. The van der Waals surface area contributed by atoms with Gasteiger partial charge in [-0.1, -0.05) is 17.7 Å². The van der Waals surface area contributed by atoms with Gasteiger partial charge in [0.15, 0.2) is 0 Å². The molecule has 1 unspecified atom stereocenters. The molecule has 20 heavy (non-hydrogen) atoms. The van der Waals surface area contributed by atoms with Crippen LogP contribution in [0.25, 0.3) is 0 Å². The van der Waals surface area contributed by atoms with E-state index in [0.717, 1.165) is 11.4 Å². The first-order valence-electron chi connectivity index (χ1n) is 6.53. The molecule has 0 aliphatic carbocycles. The van der Waals surface area contributed by atoms with Crippen molar-refractivity contribution in [1.82, 2.24) is 20.1 Å². The molecule has 0 radical (unpaired) electrons. The van der Waals surface area contributed by atoms with E-state index >= 15 is 0 Å². The van der Waals surface area contributed by atoms with Gasteiger partial charge in [-0.3, -0.25) is 0 Å². The molecule has 6 heteroatoms. The van der Waals surface area contributed by atoms with Gasteiger partial charge in [0, 0.05) is 18.5 Å². The van der Waals surface area contributed by atoms with Crippen molar-refractivity contribution in [2.45, 2.75) is 32.4 Å². The minimum absolute atomic E-state index is 0.0385. The third-order valence-corrected chi connectivity index (χ3v) is 3.52. The first-order valence-corrected chi connectivity index (χ1v) is 6.91. The van der Waals surface area contributed by atoms with Crippen LogP contribution in [0.3, 0.4) is 0 Å². The fraction of sp³-hybridized carbons (Fsp3) is 0.429. The van der Waals surface area contributed by atoms with Gasteiger partial charge in [0.1, 0.15) is 18.0 Å². The van der Waals surface area contributed by atoms with Crippen LogP contribution >= 0.6 is 11.6 Å². The zero-order valence-corrected chi connectivity index (χ0v) is 12.5. The molecule has 0 fully saturated rings. The molecule has 0 aliphatic heterocycles. The SMILES string of the molecule is CNC(Cc1ncnn1C(C)C)c1ccc(Cl)c(F)c1. The van der Waals surface area contributed by atoms with Crippen LogP contribution in [0.5, 0.6) is 0 Å². The number of hydrogen-bond donors (Lipinski definition) is 1. The van der Waals surface area contributed by atoms with Gasteiger partial charge in [0.25, 0.3) is 0 Å². The van der Waals surface area contributed by atoms with Crippen LogP contribution in [0.1, 0.15) is 37.3 Å². The molecule has 1 heterocycles. The molecule has 0 saturated carbocycles. The highest BCUT2D eigenvalue weighted by Crippen LogP contribution is 2.23. The Morgan fingerprint density at radius 2 is 2.15 bits per heavy atom. The quantitative estimate of drug-likeness (QED) is 0.921. The Morgan fingerprint density at radius 1 is 1.40 bits per heavy atom. The summed E-state index contributed by atoms with van der Waals surface area (Å²) in [6, 6.07) is 5.06. The maximum absolute atomic E-state index is 13.6. The fourth-order valence-corrected chi connectivity index (χ4v) is 2.27. The second kappa shape index (κ2) is 6.33. The summed E-state index contributed by atoms with van der Waals surface area (Å²) in [6.07, 6.45) is 2.18. The molecule has 0 spiro atoms. The summed E-state index contributed by atoms with van der Waals surface area (Å²) in [5.74, 6) is 0.462. The van der Waals surface area contributed by atoms with Crippen LogP contribution in [-0.2, 0) is 6.42 Å². The standard InChI is InChI=1S/C14H18ClFN4/c1-9(2)20-14(18-8-19-20)7-13(17-3)10-4-5-11(15)12(16)6-10/h4-6,8-9,13,17H,7H2,1-3H3. The van der Waals surface area contributed by atoms with Crippen LogP contribution in [0, 0.1) is 5.82 Å². The summed E-state index contributed by atoms with van der Waals surface area (Å²) in [6.45, 7) is 4.10. The van der Waals surface area contributed by atoms with Crippen molar-refractivity contribution in [1.29, 1.82) is 0 Å². The Hall–Kier alpha value is -1.46. The average molecular weight is 297 g/mol. The number of benzene rings is 1. The smallest absolute Gasteiger partial charge is 0.142 e. The third-order valence-electron chi connectivity index (χ3n) is 3.22. The normalized spacial score (nSPS) is 12.9. The molecular formula is C14H18ClFN4. The van der Waals surface area contributed by atoms with Crippen LogP contribution in [0.15, 0.2) is 24.5 Å². The van der Waals surface area contributed by atoms with Crippen molar-refractivity contribution < 1.29 is 4.39 Å². The molecule has 0 saturated heterocycles. The van der Waals surface area contributed by atoms with E-state index in [1.54, 1.807) is 12.4 Å². The van der Waals surface area contributed by atoms with Gasteiger partial charge in [-0.15, -0.1) is 0 Å². The van der Waals surface area contributed by atoms with E-state index in [1.165, 1.54) is 6.07 Å². The minimum atomic E-state index is -0.408. The summed E-state index contributed by atoms with van der Waals surface area (Å²) in [5, 5.41) is 7.52. The Balaban J connectivity index is 2.24. The highest BCUT2D eigenvalue weighted by molar-refractivity contribution is 6.30. The molecule has 0 aliphatic rings. The van der Waals surface area contributed by atoms with Gasteiger partial charge >= 0.3 is 0 Å². The van der Waals surface area contributed by atoms with Gasteiger partial charge in [-0.25, -0.2) is 14.1 Å². The lowest BCUT2D eigenvalue weighted by Gasteiger charge is -2.18. The van der Waals surface area contributed by atoms with E-state index in [2.05, 4.69) is 29.2 Å². The van der Waals surface area contributed by atoms with Crippen LogP contribution in [0.2, 0.25) is 5.02 Å². The first kappa shape index (κ1) is 14.9. The summed E-state index contributed by atoms with van der Waals surface area (Å²) in [4.78, 5) is 4.28. The molecule has 108 valence electrons. The van der Waals surface area contributed by atoms with E-state index < -0.39 is 5.82 Å². The Bertz CT molecular complexity index is 582. The lowest BCUT2D eigenvalue weighted by atomic mass is 10.0. The number of aromatic nitrogens is 3. The summed E-state index contributed by atoms with van der Waals surface area (Å²) in [7, 11) is 1.84. The predicted molar refractivity (Wildman–Crippen MR) is 77.3 cm³/mol. The molecule has 1 N–H and O–H groups in total. The van der Waals surface area contributed by atoms with Gasteiger partial charge < -0.3 is 5.32 Å². The second-order valence-electron chi connectivity index (χ2n) is 4.93. The summed E-state index contributed by atoms with van der Waals surface area (Å²) < 4.78 is 15.4. The Morgan fingerprint density at radius 3 is 2.75 bits per heavy atom. The van der Waals surface area contributed by atoms with Crippen molar-refractivity contribution in [3.8, 4) is 0 Å². The summed E-state index contributed by atoms with van der Waals surface area (Å²) >= 11 is 5.72. The maximum atomic E-state index is 13.6. The van der Waals surface area contributed by atoms with Gasteiger partial charge in [0.2, 0.25) is 0 Å². The van der Waals surface area contributed by atoms with E-state index in [-0.39, 0.29) is 17.1 Å². The lowest BCUT2D eigenvalue weighted by Crippen LogP contribution is -2.21. The molecule has 2 rings (SSSR count). The molecule has 0 bridgehead atoms. The zero-order chi connectivity index (χ0) is 14.7. The monoisotopic (exact) mass is 296 g/mol. The molecular weight excluding hydrogens is 279 g/mol. The van der Waals surface area contributed by atoms with Crippen LogP contribution in [0.4, 0.5) is 4.39 Å². The van der Waals surface area contributed by atoms with Gasteiger partial charge in [-0.2, -0.15) is 5.10 Å². The topological polar surface area (TPSA) is 42.7 Å². The Kier molecular flexibility index (Phi) is 4.73. The Labute approximate surface area is 123 Å². The third kappa shape index (κ3) is 3.16. The number of rotatable bonds is 5. The van der Waals surface area contributed by atoms with Crippen molar-refractivity contribution in [3.63, 3.8) is 0 Å². The first-order chi connectivity index (χ1) is 9.52. The zero-order valence-electron chi connectivity index (χ0n) is 11.8.